The van der Waals surface area contributed by atoms with E-state index in [1.807, 2.05) is 62.3 Å². The number of rotatable bonds is 8. The van der Waals surface area contributed by atoms with Crippen LogP contribution >= 0.6 is 15.9 Å². The molecule has 4 rings (SSSR count). The van der Waals surface area contributed by atoms with Crippen molar-refractivity contribution >= 4 is 36.9 Å². The van der Waals surface area contributed by atoms with Crippen molar-refractivity contribution < 1.29 is 17.9 Å². The molecule has 0 amide bonds. The van der Waals surface area contributed by atoms with Crippen LogP contribution in [-0.4, -0.2) is 51.6 Å². The first kappa shape index (κ1) is 24.3. The molecule has 0 aliphatic rings. The molecule has 0 aliphatic carbocycles. The van der Waals surface area contributed by atoms with Gasteiger partial charge in [-0.1, -0.05) is 36.4 Å². The van der Waals surface area contributed by atoms with Gasteiger partial charge in [-0.05, 0) is 72.8 Å². The van der Waals surface area contributed by atoms with Crippen LogP contribution in [0.4, 0.5) is 0 Å². The van der Waals surface area contributed by atoms with Gasteiger partial charge in [0.05, 0.1) is 12.6 Å². The van der Waals surface area contributed by atoms with Crippen LogP contribution in [0.3, 0.4) is 0 Å². The van der Waals surface area contributed by atoms with Crippen LogP contribution in [0.15, 0.2) is 76.1 Å². The van der Waals surface area contributed by atoms with Gasteiger partial charge in [0, 0.05) is 22.0 Å². The van der Waals surface area contributed by atoms with Crippen LogP contribution in [0.1, 0.15) is 5.56 Å². The lowest BCUT2D eigenvalue weighted by atomic mass is 10.1. The highest BCUT2D eigenvalue weighted by molar-refractivity contribution is 9.10. The van der Waals surface area contributed by atoms with Crippen LogP contribution in [0.25, 0.3) is 22.2 Å². The van der Waals surface area contributed by atoms with Crippen molar-refractivity contribution in [3.05, 3.63) is 76.8 Å². The second-order valence-corrected chi connectivity index (χ2v) is 10.9. The SMILES string of the molecule is COc1ccc2c(c1)c(OCCN(C)C)c(-c1ccccc1)n2S(=O)(=O)c1ccc(C)cc1Br. The molecular formula is C26H27BrN2O4S. The minimum Gasteiger partial charge on any atom is -0.497 e. The van der Waals surface area contributed by atoms with E-state index in [1.165, 1.54) is 3.97 Å². The number of fused-ring (bicyclic) bond motifs is 1. The van der Waals surface area contributed by atoms with E-state index in [0.29, 0.717) is 45.7 Å². The summed E-state index contributed by atoms with van der Waals surface area (Å²) < 4.78 is 42.0. The smallest absolute Gasteiger partial charge is 0.269 e. The van der Waals surface area contributed by atoms with E-state index in [4.69, 9.17) is 9.47 Å². The molecular weight excluding hydrogens is 516 g/mol. The molecule has 0 N–H and O–H groups in total. The van der Waals surface area contributed by atoms with E-state index in [-0.39, 0.29) is 4.90 Å². The van der Waals surface area contributed by atoms with Gasteiger partial charge in [0.1, 0.15) is 22.9 Å². The fourth-order valence-corrected chi connectivity index (χ4v) is 6.52. The number of benzene rings is 3. The van der Waals surface area contributed by atoms with Gasteiger partial charge in [-0.25, -0.2) is 12.4 Å². The molecule has 8 heteroatoms. The molecule has 4 aromatic rings. The molecule has 0 saturated carbocycles. The zero-order valence-corrected chi connectivity index (χ0v) is 22.0. The maximum absolute atomic E-state index is 14.2. The largest absolute Gasteiger partial charge is 0.497 e. The molecule has 0 saturated heterocycles. The average molecular weight is 543 g/mol. The predicted octanol–water partition coefficient (Wildman–Crippen LogP) is 5.57. The van der Waals surface area contributed by atoms with Crippen molar-refractivity contribution in [2.75, 3.05) is 34.4 Å². The topological polar surface area (TPSA) is 60.8 Å². The average Bonchev–Trinajstić information content (AvgIpc) is 3.13. The minimum atomic E-state index is -3.99. The molecule has 0 atom stereocenters. The number of halogens is 1. The van der Waals surface area contributed by atoms with Crippen LogP contribution in [-0.2, 0) is 10.0 Å². The molecule has 0 aliphatic heterocycles. The monoisotopic (exact) mass is 542 g/mol. The molecule has 3 aromatic carbocycles. The van der Waals surface area contributed by atoms with Gasteiger partial charge in [0.2, 0.25) is 0 Å². The number of hydrogen-bond acceptors (Lipinski definition) is 5. The number of aryl methyl sites for hydroxylation is 1. The van der Waals surface area contributed by atoms with Gasteiger partial charge in [0.15, 0.2) is 5.75 Å². The summed E-state index contributed by atoms with van der Waals surface area (Å²) in [7, 11) is 1.52. The molecule has 0 spiro atoms. The van der Waals surface area contributed by atoms with E-state index in [9.17, 15) is 8.42 Å². The lowest BCUT2D eigenvalue weighted by Crippen LogP contribution is -2.20. The fraction of sp³-hybridized carbons (Fsp3) is 0.231. The molecule has 178 valence electrons. The summed E-state index contributed by atoms with van der Waals surface area (Å²) in [5.74, 6) is 1.13. The number of methoxy groups -OCH3 is 1. The normalized spacial score (nSPS) is 11.8. The lowest BCUT2D eigenvalue weighted by Gasteiger charge is -2.16. The summed E-state index contributed by atoms with van der Waals surface area (Å²) >= 11 is 3.46. The van der Waals surface area contributed by atoms with Crippen molar-refractivity contribution in [2.45, 2.75) is 11.8 Å². The molecule has 0 radical (unpaired) electrons. The summed E-state index contributed by atoms with van der Waals surface area (Å²) in [5, 5.41) is 0.670. The summed E-state index contributed by atoms with van der Waals surface area (Å²) in [6.45, 7) is 3.00. The second-order valence-electron chi connectivity index (χ2n) is 8.28. The highest BCUT2D eigenvalue weighted by Gasteiger charge is 2.30. The van der Waals surface area contributed by atoms with Crippen LogP contribution in [0.2, 0.25) is 0 Å². The van der Waals surface area contributed by atoms with Crippen LogP contribution in [0, 0.1) is 6.92 Å². The highest BCUT2D eigenvalue weighted by atomic mass is 79.9. The Morgan fingerprint density at radius 1 is 1.00 bits per heavy atom. The van der Waals surface area contributed by atoms with Gasteiger partial charge < -0.3 is 14.4 Å². The predicted molar refractivity (Wildman–Crippen MR) is 139 cm³/mol. The quantitative estimate of drug-likeness (QED) is 0.291. The van der Waals surface area contributed by atoms with Crippen LogP contribution < -0.4 is 9.47 Å². The standard InChI is InChI=1S/C26H27BrN2O4S/c1-18-10-13-24(22(27)16-18)34(30,31)29-23-12-11-20(32-4)17-21(23)26(33-15-14-28(2)3)25(29)19-8-6-5-7-9-19/h5-13,16-17H,14-15H2,1-4H3. The van der Waals surface area contributed by atoms with Gasteiger partial charge in [-0.3, -0.25) is 0 Å². The van der Waals surface area contributed by atoms with Crippen LogP contribution in [0.5, 0.6) is 11.5 Å². The Balaban J connectivity index is 2.07. The summed E-state index contributed by atoms with van der Waals surface area (Å²) in [6, 6.07) is 20.0. The Labute approximate surface area is 208 Å². The fourth-order valence-electron chi connectivity index (χ4n) is 3.83. The first-order valence-electron chi connectivity index (χ1n) is 10.8. The third kappa shape index (κ3) is 4.58. The van der Waals surface area contributed by atoms with E-state index >= 15 is 0 Å². The number of nitrogens with zero attached hydrogens (tertiary/aromatic N) is 2. The zero-order valence-electron chi connectivity index (χ0n) is 19.6. The maximum Gasteiger partial charge on any atom is 0.269 e. The molecule has 0 unspecified atom stereocenters. The van der Waals surface area contributed by atoms with E-state index < -0.39 is 10.0 Å². The molecule has 6 nitrogen and oxygen atoms in total. The number of ether oxygens (including phenoxy) is 2. The Morgan fingerprint density at radius 3 is 2.38 bits per heavy atom. The number of hydrogen-bond donors (Lipinski definition) is 0. The molecule has 34 heavy (non-hydrogen) atoms. The highest BCUT2D eigenvalue weighted by Crippen LogP contribution is 2.44. The third-order valence-corrected chi connectivity index (χ3v) is 8.21. The molecule has 0 bridgehead atoms. The first-order valence-corrected chi connectivity index (χ1v) is 13.0. The molecule has 1 aromatic heterocycles. The maximum atomic E-state index is 14.2. The minimum absolute atomic E-state index is 0.183. The van der Waals surface area contributed by atoms with Crippen molar-refractivity contribution in [3.8, 4) is 22.8 Å². The summed E-state index contributed by atoms with van der Waals surface area (Å²) in [5.41, 5.74) is 2.70. The lowest BCUT2D eigenvalue weighted by molar-refractivity contribution is 0.264. The van der Waals surface area contributed by atoms with Gasteiger partial charge in [-0.2, -0.15) is 0 Å². The number of likely N-dealkylation sites (N-methyl/N-ethyl adjacent to an activating group) is 1. The summed E-state index contributed by atoms with van der Waals surface area (Å²) in [4.78, 5) is 2.20. The second kappa shape index (κ2) is 9.82. The van der Waals surface area contributed by atoms with Gasteiger partial charge in [-0.15, -0.1) is 0 Å². The molecule has 1 heterocycles. The number of aromatic nitrogens is 1. The summed E-state index contributed by atoms with van der Waals surface area (Å²) in [6.07, 6.45) is 0. The van der Waals surface area contributed by atoms with Crippen molar-refractivity contribution in [3.63, 3.8) is 0 Å². The van der Waals surface area contributed by atoms with E-state index in [2.05, 4.69) is 15.9 Å². The Kier molecular flexibility index (Phi) is 7.02. The van der Waals surface area contributed by atoms with Crippen molar-refractivity contribution in [1.29, 1.82) is 0 Å². The van der Waals surface area contributed by atoms with Gasteiger partial charge in [0.25, 0.3) is 10.0 Å². The van der Waals surface area contributed by atoms with Gasteiger partial charge >= 0.3 is 0 Å². The van der Waals surface area contributed by atoms with Crippen molar-refractivity contribution in [2.24, 2.45) is 0 Å². The third-order valence-electron chi connectivity index (χ3n) is 5.52. The zero-order chi connectivity index (χ0) is 24.5. The molecule has 0 fully saturated rings. The first-order chi connectivity index (χ1) is 16.2. The Bertz CT molecular complexity index is 1430. The van der Waals surface area contributed by atoms with E-state index in [0.717, 1.165) is 11.1 Å². The Hall–Kier alpha value is -2.81. The van der Waals surface area contributed by atoms with Crippen molar-refractivity contribution in [1.82, 2.24) is 8.87 Å². The van der Waals surface area contributed by atoms with E-state index in [1.54, 1.807) is 37.4 Å². The Morgan fingerprint density at radius 2 is 1.74 bits per heavy atom.